The van der Waals surface area contributed by atoms with Crippen molar-refractivity contribution < 1.29 is 32.9 Å². The first-order valence-corrected chi connectivity index (χ1v) is 12.4. The van der Waals surface area contributed by atoms with E-state index in [1.165, 1.54) is 18.2 Å². The minimum absolute atomic E-state index is 0.0642. The summed E-state index contributed by atoms with van der Waals surface area (Å²) < 4.78 is 44.1. The highest BCUT2D eigenvalue weighted by atomic mass is 19.1. The van der Waals surface area contributed by atoms with E-state index in [9.17, 15) is 18.7 Å². The van der Waals surface area contributed by atoms with Crippen molar-refractivity contribution in [3.8, 4) is 28.4 Å². The number of hydrogen-bond donors (Lipinski definition) is 1. The number of methoxy groups -OCH3 is 1. The molecule has 5 nitrogen and oxygen atoms in total. The minimum Gasteiger partial charge on any atom is -0.497 e. The highest BCUT2D eigenvalue weighted by Gasteiger charge is 2.18. The lowest BCUT2D eigenvalue weighted by molar-refractivity contribution is -0.145. The number of hydrogen-bond acceptors (Lipinski definition) is 4. The van der Waals surface area contributed by atoms with Gasteiger partial charge in [0.25, 0.3) is 0 Å². The number of benzene rings is 4. The second-order valence-electron chi connectivity index (χ2n) is 8.74. The van der Waals surface area contributed by atoms with Gasteiger partial charge in [0.15, 0.2) is 6.10 Å². The highest BCUT2D eigenvalue weighted by Crippen LogP contribution is 2.27. The van der Waals surface area contributed by atoms with Gasteiger partial charge in [-0.3, -0.25) is 0 Å². The molecule has 4 aromatic rings. The Hall–Kier alpha value is -4.65. The summed E-state index contributed by atoms with van der Waals surface area (Å²) in [5.41, 5.74) is 2.87. The van der Waals surface area contributed by atoms with Crippen molar-refractivity contribution in [1.29, 1.82) is 0 Å². The SMILES string of the molecule is COc1ccc(OCc2ccccc2F)c(C=CCCC(Oc2ccc(-c3ccc(F)cc3)cc2)C(=O)O)c1. The maximum absolute atomic E-state index is 14.0. The van der Waals surface area contributed by atoms with Gasteiger partial charge < -0.3 is 19.3 Å². The van der Waals surface area contributed by atoms with Crippen LogP contribution >= 0.6 is 0 Å². The standard InChI is InChI=1S/C32H28F2O5/c1-37-28-18-19-30(38-21-25-7-2-4-8-29(25)34)24(20-28)6-3-5-9-31(32(35)36)39-27-16-12-23(13-17-27)22-10-14-26(33)15-11-22/h2-4,6-8,10-20,31H,5,9,21H2,1H3,(H,35,36). The number of aliphatic carboxylic acids is 1. The number of carbonyl (C=O) groups is 1. The maximum atomic E-state index is 14.0. The second-order valence-corrected chi connectivity index (χ2v) is 8.74. The minimum atomic E-state index is -1.07. The summed E-state index contributed by atoms with van der Waals surface area (Å²) in [4.78, 5) is 11.8. The molecule has 0 saturated heterocycles. The number of rotatable bonds is 12. The van der Waals surface area contributed by atoms with Crippen LogP contribution in [-0.4, -0.2) is 24.3 Å². The van der Waals surface area contributed by atoms with Gasteiger partial charge >= 0.3 is 5.97 Å². The summed E-state index contributed by atoms with van der Waals surface area (Å²) in [6.07, 6.45) is 3.26. The van der Waals surface area contributed by atoms with Crippen LogP contribution in [0.5, 0.6) is 17.2 Å². The zero-order chi connectivity index (χ0) is 27.6. The van der Waals surface area contributed by atoms with E-state index >= 15 is 0 Å². The molecule has 0 amide bonds. The van der Waals surface area contributed by atoms with Crippen LogP contribution in [0.25, 0.3) is 17.2 Å². The molecule has 0 fully saturated rings. The third-order valence-electron chi connectivity index (χ3n) is 6.04. The molecule has 4 aromatic carbocycles. The Morgan fingerprint density at radius 2 is 1.56 bits per heavy atom. The molecule has 1 unspecified atom stereocenters. The molecule has 0 aliphatic rings. The van der Waals surface area contributed by atoms with Gasteiger partial charge in [-0.2, -0.15) is 0 Å². The van der Waals surface area contributed by atoms with Gasteiger partial charge in [0, 0.05) is 11.1 Å². The number of ether oxygens (including phenoxy) is 3. The van der Waals surface area contributed by atoms with E-state index in [4.69, 9.17) is 14.2 Å². The zero-order valence-electron chi connectivity index (χ0n) is 21.3. The molecule has 0 radical (unpaired) electrons. The average Bonchev–Trinajstić information content (AvgIpc) is 2.95. The topological polar surface area (TPSA) is 65.0 Å². The van der Waals surface area contributed by atoms with E-state index in [0.29, 0.717) is 29.2 Å². The molecular weight excluding hydrogens is 502 g/mol. The Balaban J connectivity index is 1.38. The first-order chi connectivity index (χ1) is 18.9. The molecule has 4 rings (SSSR count). The van der Waals surface area contributed by atoms with Crippen LogP contribution in [0.2, 0.25) is 0 Å². The summed E-state index contributed by atoms with van der Waals surface area (Å²) in [5.74, 6) is -0.121. The first-order valence-electron chi connectivity index (χ1n) is 12.4. The van der Waals surface area contributed by atoms with Crippen molar-refractivity contribution in [1.82, 2.24) is 0 Å². The lowest BCUT2D eigenvalue weighted by Crippen LogP contribution is -2.26. The normalized spacial score (nSPS) is 11.8. The fourth-order valence-electron chi connectivity index (χ4n) is 3.91. The fraction of sp³-hybridized carbons (Fsp3) is 0.156. The van der Waals surface area contributed by atoms with Crippen molar-refractivity contribution in [2.24, 2.45) is 0 Å². The predicted molar refractivity (Wildman–Crippen MR) is 146 cm³/mol. The lowest BCUT2D eigenvalue weighted by Gasteiger charge is -2.15. The van der Waals surface area contributed by atoms with Gasteiger partial charge in [-0.25, -0.2) is 13.6 Å². The van der Waals surface area contributed by atoms with Crippen LogP contribution in [0.15, 0.2) is 97.1 Å². The van der Waals surface area contributed by atoms with Crippen LogP contribution in [0.1, 0.15) is 24.0 Å². The third kappa shape index (κ3) is 7.68. The predicted octanol–water partition coefficient (Wildman–Crippen LogP) is 7.55. The number of halogens is 2. The molecule has 0 bridgehead atoms. The van der Waals surface area contributed by atoms with Gasteiger partial charge in [-0.1, -0.05) is 54.6 Å². The molecule has 39 heavy (non-hydrogen) atoms. The summed E-state index contributed by atoms with van der Waals surface area (Å²) in [6.45, 7) is 0.0642. The second kappa shape index (κ2) is 13.2. The molecule has 0 aliphatic carbocycles. The van der Waals surface area contributed by atoms with Crippen LogP contribution < -0.4 is 14.2 Å². The monoisotopic (exact) mass is 530 g/mol. The molecule has 1 N–H and O–H groups in total. The van der Waals surface area contributed by atoms with Gasteiger partial charge in [-0.05, 0) is 72.5 Å². The van der Waals surface area contributed by atoms with E-state index in [2.05, 4.69) is 0 Å². The number of carboxylic acids is 1. The summed E-state index contributed by atoms with van der Waals surface area (Å²) in [7, 11) is 1.56. The van der Waals surface area contributed by atoms with Gasteiger partial charge in [0.2, 0.25) is 0 Å². The quantitative estimate of drug-likeness (QED) is 0.205. The fourth-order valence-corrected chi connectivity index (χ4v) is 3.91. The molecule has 1 atom stereocenters. The van der Waals surface area contributed by atoms with E-state index in [1.54, 1.807) is 79.9 Å². The molecular formula is C32H28F2O5. The van der Waals surface area contributed by atoms with Crippen LogP contribution in [0.3, 0.4) is 0 Å². The van der Waals surface area contributed by atoms with Gasteiger partial charge in [-0.15, -0.1) is 0 Å². The molecule has 0 heterocycles. The summed E-state index contributed by atoms with van der Waals surface area (Å²) in [6, 6.07) is 24.8. The van der Waals surface area contributed by atoms with Crippen molar-refractivity contribution >= 4 is 12.0 Å². The lowest BCUT2D eigenvalue weighted by atomic mass is 10.1. The smallest absolute Gasteiger partial charge is 0.344 e. The van der Waals surface area contributed by atoms with E-state index in [1.807, 2.05) is 12.2 Å². The summed E-state index contributed by atoms with van der Waals surface area (Å²) >= 11 is 0. The van der Waals surface area contributed by atoms with E-state index in [0.717, 1.165) is 16.7 Å². The molecule has 0 aromatic heterocycles. The molecule has 200 valence electrons. The molecule has 7 heteroatoms. The number of carboxylic acid groups (broad SMARTS) is 1. The van der Waals surface area contributed by atoms with Crippen molar-refractivity contribution in [2.45, 2.75) is 25.6 Å². The van der Waals surface area contributed by atoms with Crippen molar-refractivity contribution in [2.75, 3.05) is 7.11 Å². The van der Waals surface area contributed by atoms with Gasteiger partial charge in [0.1, 0.15) is 35.5 Å². The Bertz CT molecular complexity index is 1420. The van der Waals surface area contributed by atoms with Crippen LogP contribution in [-0.2, 0) is 11.4 Å². The first kappa shape index (κ1) is 27.4. The Morgan fingerprint density at radius 1 is 0.897 bits per heavy atom. The van der Waals surface area contributed by atoms with Crippen molar-refractivity contribution in [3.63, 3.8) is 0 Å². The maximum Gasteiger partial charge on any atom is 0.344 e. The Kier molecular flexibility index (Phi) is 9.29. The highest BCUT2D eigenvalue weighted by molar-refractivity contribution is 5.73. The third-order valence-corrected chi connectivity index (χ3v) is 6.04. The van der Waals surface area contributed by atoms with Gasteiger partial charge in [0.05, 0.1) is 7.11 Å². The Labute approximate surface area is 225 Å². The zero-order valence-corrected chi connectivity index (χ0v) is 21.3. The van der Waals surface area contributed by atoms with Crippen molar-refractivity contribution in [3.05, 3.63) is 120 Å². The van der Waals surface area contributed by atoms with E-state index in [-0.39, 0.29) is 24.7 Å². The van der Waals surface area contributed by atoms with E-state index < -0.39 is 12.1 Å². The average molecular weight is 531 g/mol. The number of allylic oxidation sites excluding steroid dienone is 1. The van der Waals surface area contributed by atoms with Crippen LogP contribution in [0, 0.1) is 11.6 Å². The Morgan fingerprint density at radius 3 is 2.23 bits per heavy atom. The van der Waals surface area contributed by atoms with Crippen LogP contribution in [0.4, 0.5) is 8.78 Å². The summed E-state index contributed by atoms with van der Waals surface area (Å²) in [5, 5.41) is 9.67. The molecule has 0 spiro atoms. The molecule has 0 aliphatic heterocycles. The molecule has 0 saturated carbocycles. The largest absolute Gasteiger partial charge is 0.497 e.